The summed E-state index contributed by atoms with van der Waals surface area (Å²) in [6.45, 7) is 10.2. The number of amides is 1. The molecule has 248 valence electrons. The van der Waals surface area contributed by atoms with Crippen LogP contribution in [-0.2, 0) is 19.5 Å². The molecule has 1 fully saturated rings. The predicted octanol–water partition coefficient (Wildman–Crippen LogP) is 9.15. The van der Waals surface area contributed by atoms with Gasteiger partial charge in [-0.1, -0.05) is 67.6 Å². The lowest BCUT2D eigenvalue weighted by Gasteiger charge is -2.18. The minimum absolute atomic E-state index is 0.211. The van der Waals surface area contributed by atoms with Crippen molar-refractivity contribution >= 4 is 29.0 Å². The highest BCUT2D eigenvalue weighted by Gasteiger charge is 2.18. The van der Waals surface area contributed by atoms with Crippen LogP contribution in [0.2, 0.25) is 0 Å². The Morgan fingerprint density at radius 3 is 2.35 bits per heavy atom. The van der Waals surface area contributed by atoms with E-state index in [1.165, 1.54) is 35.9 Å². The average molecular weight is 668 g/mol. The van der Waals surface area contributed by atoms with Gasteiger partial charge in [0.1, 0.15) is 22.8 Å². The van der Waals surface area contributed by atoms with Crippen LogP contribution in [0.15, 0.2) is 108 Å². The molecule has 4 aromatic carbocycles. The highest BCUT2D eigenvalue weighted by molar-refractivity contribution is 7.98. The van der Waals surface area contributed by atoms with Crippen molar-refractivity contribution in [2.24, 2.45) is 0 Å². The van der Waals surface area contributed by atoms with E-state index in [0.29, 0.717) is 23.6 Å². The summed E-state index contributed by atoms with van der Waals surface area (Å²) in [5.41, 5.74) is 9.22. The molecular weight excluding hydrogens is 627 g/mol. The summed E-state index contributed by atoms with van der Waals surface area (Å²) in [6, 6.07) is 34.3. The summed E-state index contributed by atoms with van der Waals surface area (Å²) in [5.74, 6) is 2.03. The normalized spacial score (nSPS) is 13.2. The van der Waals surface area contributed by atoms with Gasteiger partial charge in [-0.15, -0.1) is 0 Å². The standard InChI is InChI=1S/C41H41N5O2S/c1-4-38-43-39-28(2)24-29(3)42-40(39)46(38)27-30-16-19-32(20-17-30)35-25-31(26-45-22-10-11-23-45)18-21-37(35)49-44-41(47)34-14-8-9-15-36(34)48-33-12-6-5-7-13-33/h5-9,12-21,24-25H,4,10-11,22-23,26-27H2,1-3H3,(H,44,47). The van der Waals surface area contributed by atoms with Crippen molar-refractivity contribution < 1.29 is 9.53 Å². The first-order valence-corrected chi connectivity index (χ1v) is 17.8. The Morgan fingerprint density at radius 1 is 0.837 bits per heavy atom. The Balaban J connectivity index is 1.15. The van der Waals surface area contributed by atoms with E-state index in [1.807, 2.05) is 55.5 Å². The Hall–Kier alpha value is -4.92. The molecule has 3 heterocycles. The highest BCUT2D eigenvalue weighted by Crippen LogP contribution is 2.34. The van der Waals surface area contributed by atoms with Gasteiger partial charge < -0.3 is 9.30 Å². The van der Waals surface area contributed by atoms with E-state index in [2.05, 4.69) is 76.6 Å². The number of imidazole rings is 1. The van der Waals surface area contributed by atoms with Gasteiger partial charge in [0.2, 0.25) is 0 Å². The van der Waals surface area contributed by atoms with Crippen LogP contribution in [-0.4, -0.2) is 38.4 Å². The van der Waals surface area contributed by atoms with Gasteiger partial charge in [-0.25, -0.2) is 9.97 Å². The van der Waals surface area contributed by atoms with Gasteiger partial charge in [-0.2, -0.15) is 0 Å². The van der Waals surface area contributed by atoms with Crippen LogP contribution in [0, 0.1) is 13.8 Å². The lowest BCUT2D eigenvalue weighted by molar-refractivity contribution is 0.0982. The lowest BCUT2D eigenvalue weighted by atomic mass is 10.0. The molecule has 7 nitrogen and oxygen atoms in total. The zero-order valence-electron chi connectivity index (χ0n) is 28.3. The van der Waals surface area contributed by atoms with Crippen molar-refractivity contribution in [1.82, 2.24) is 24.2 Å². The number of ether oxygens (including phenoxy) is 1. The average Bonchev–Trinajstić information content (AvgIpc) is 3.76. The number of carbonyl (C=O) groups is 1. The van der Waals surface area contributed by atoms with Crippen molar-refractivity contribution in [2.45, 2.75) is 58.0 Å². The molecule has 7 rings (SSSR count). The summed E-state index contributed by atoms with van der Waals surface area (Å²) in [7, 11) is 0. The van der Waals surface area contributed by atoms with Crippen molar-refractivity contribution in [3.63, 3.8) is 0 Å². The topological polar surface area (TPSA) is 72.3 Å². The first-order chi connectivity index (χ1) is 23.9. The van der Waals surface area contributed by atoms with E-state index >= 15 is 0 Å². The minimum Gasteiger partial charge on any atom is -0.457 e. The smallest absolute Gasteiger partial charge is 0.265 e. The van der Waals surface area contributed by atoms with Gasteiger partial charge in [0.05, 0.1) is 12.1 Å². The Labute approximate surface area is 292 Å². The largest absolute Gasteiger partial charge is 0.457 e. The predicted molar refractivity (Wildman–Crippen MR) is 198 cm³/mol. The molecule has 0 atom stereocenters. The van der Waals surface area contributed by atoms with Gasteiger partial charge >= 0.3 is 0 Å². The zero-order valence-corrected chi connectivity index (χ0v) is 29.1. The molecule has 1 aliphatic heterocycles. The van der Waals surface area contributed by atoms with Crippen LogP contribution in [0.3, 0.4) is 0 Å². The quantitative estimate of drug-likeness (QED) is 0.139. The van der Waals surface area contributed by atoms with Crippen LogP contribution < -0.4 is 9.46 Å². The van der Waals surface area contributed by atoms with E-state index in [4.69, 9.17) is 14.7 Å². The lowest BCUT2D eigenvalue weighted by Crippen LogP contribution is -2.18. The second-order valence-corrected chi connectivity index (χ2v) is 13.5. The maximum Gasteiger partial charge on any atom is 0.265 e. The van der Waals surface area contributed by atoms with Gasteiger partial charge in [-0.3, -0.25) is 14.4 Å². The second-order valence-electron chi connectivity index (χ2n) is 12.7. The van der Waals surface area contributed by atoms with Crippen LogP contribution in [0.1, 0.15) is 58.3 Å². The molecular formula is C41H41N5O2S. The molecule has 0 saturated carbocycles. The number of nitrogens with zero attached hydrogens (tertiary/aromatic N) is 4. The van der Waals surface area contributed by atoms with Crippen molar-refractivity contribution in [2.75, 3.05) is 13.1 Å². The first kappa shape index (κ1) is 32.6. The van der Waals surface area contributed by atoms with Crippen LogP contribution >= 0.6 is 11.9 Å². The molecule has 0 aliphatic carbocycles. The fourth-order valence-electron chi connectivity index (χ4n) is 6.56. The Morgan fingerprint density at radius 2 is 1.57 bits per heavy atom. The van der Waals surface area contributed by atoms with E-state index in [-0.39, 0.29) is 5.91 Å². The number of pyridine rings is 1. The van der Waals surface area contributed by atoms with E-state index in [0.717, 1.165) is 70.3 Å². The molecule has 2 aromatic heterocycles. The molecule has 1 saturated heterocycles. The molecule has 1 amide bonds. The van der Waals surface area contributed by atoms with E-state index < -0.39 is 0 Å². The number of hydrogen-bond acceptors (Lipinski definition) is 6. The fourth-order valence-corrected chi connectivity index (χ4v) is 7.30. The van der Waals surface area contributed by atoms with Crippen molar-refractivity contribution in [3.8, 4) is 22.6 Å². The summed E-state index contributed by atoms with van der Waals surface area (Å²) in [6.07, 6.45) is 3.35. The number of benzene rings is 4. The number of likely N-dealkylation sites (tertiary alicyclic amines) is 1. The van der Waals surface area contributed by atoms with Gasteiger partial charge in [-0.05, 0) is 122 Å². The van der Waals surface area contributed by atoms with E-state index in [1.54, 1.807) is 6.07 Å². The number of para-hydroxylation sites is 2. The molecule has 6 aromatic rings. The fraction of sp³-hybridized carbons (Fsp3) is 0.244. The third-order valence-corrected chi connectivity index (χ3v) is 9.89. The molecule has 1 N–H and O–H groups in total. The summed E-state index contributed by atoms with van der Waals surface area (Å²) >= 11 is 1.34. The highest BCUT2D eigenvalue weighted by atomic mass is 32.2. The number of fused-ring (bicyclic) bond motifs is 1. The van der Waals surface area contributed by atoms with Crippen molar-refractivity contribution in [1.29, 1.82) is 0 Å². The van der Waals surface area contributed by atoms with Gasteiger partial charge in [0.15, 0.2) is 5.65 Å². The summed E-state index contributed by atoms with van der Waals surface area (Å²) in [4.78, 5) is 26.8. The number of rotatable bonds is 11. The maximum atomic E-state index is 13.5. The van der Waals surface area contributed by atoms with E-state index in [9.17, 15) is 4.79 Å². The number of nitrogens with one attached hydrogen (secondary N) is 1. The minimum atomic E-state index is -0.211. The van der Waals surface area contributed by atoms with Crippen molar-refractivity contribution in [3.05, 3.63) is 137 Å². The molecule has 49 heavy (non-hydrogen) atoms. The summed E-state index contributed by atoms with van der Waals surface area (Å²) < 4.78 is 11.4. The molecule has 1 aliphatic rings. The number of carbonyl (C=O) groups excluding carboxylic acids is 1. The molecule has 0 spiro atoms. The third-order valence-electron chi connectivity index (χ3n) is 9.03. The Bertz CT molecular complexity index is 2090. The van der Waals surface area contributed by atoms with Crippen LogP contribution in [0.4, 0.5) is 0 Å². The van der Waals surface area contributed by atoms with Gasteiger partial charge in [0.25, 0.3) is 5.91 Å². The molecule has 0 bridgehead atoms. The maximum absolute atomic E-state index is 13.5. The summed E-state index contributed by atoms with van der Waals surface area (Å²) in [5, 5.41) is 0. The Kier molecular flexibility index (Phi) is 9.77. The SMILES string of the molecule is CCc1nc2c(C)cc(C)nc2n1Cc1ccc(-c2cc(CN3CCCC3)ccc2SNC(=O)c2ccccc2Oc2ccccc2)cc1. The molecule has 8 heteroatoms. The van der Waals surface area contributed by atoms with Gasteiger partial charge in [0, 0.05) is 23.6 Å². The monoisotopic (exact) mass is 667 g/mol. The third kappa shape index (κ3) is 7.41. The van der Waals surface area contributed by atoms with Crippen LogP contribution in [0.25, 0.3) is 22.3 Å². The number of aromatic nitrogens is 3. The first-order valence-electron chi connectivity index (χ1n) is 17.0. The number of aryl methyl sites for hydroxylation is 3. The molecule has 0 radical (unpaired) electrons. The second kappa shape index (κ2) is 14.7. The molecule has 0 unspecified atom stereocenters. The number of hydrogen-bond donors (Lipinski definition) is 1. The zero-order chi connectivity index (χ0) is 33.7. The van der Waals surface area contributed by atoms with Crippen LogP contribution in [0.5, 0.6) is 11.5 Å².